The summed E-state index contributed by atoms with van der Waals surface area (Å²) in [5.41, 5.74) is 0.955. The molecule has 5 rings (SSSR count). The van der Waals surface area contributed by atoms with Crippen LogP contribution in [0.3, 0.4) is 0 Å². The van der Waals surface area contributed by atoms with Crippen LogP contribution in [0.4, 0.5) is 5.69 Å². The highest BCUT2D eigenvalue weighted by atomic mass is 16.6. The summed E-state index contributed by atoms with van der Waals surface area (Å²) in [6, 6.07) is 6.04. The summed E-state index contributed by atoms with van der Waals surface area (Å²) in [6.07, 6.45) is 6.56. The summed E-state index contributed by atoms with van der Waals surface area (Å²) in [6.45, 7) is 0.203. The van der Waals surface area contributed by atoms with Crippen LogP contribution in [0.5, 0.6) is 0 Å². The fourth-order valence-corrected chi connectivity index (χ4v) is 5.20. The molecule has 1 aliphatic heterocycles. The van der Waals surface area contributed by atoms with Gasteiger partial charge in [-0.2, -0.15) is 0 Å². The monoisotopic (exact) mass is 324 g/mol. The Balaban J connectivity index is 1.40. The van der Waals surface area contributed by atoms with Gasteiger partial charge in [0.15, 0.2) is 0 Å². The number of benzene rings is 1. The highest BCUT2D eigenvalue weighted by molar-refractivity contribution is 6.06. The number of fused-ring (bicyclic) bond motifs is 3. The molecule has 1 spiro atoms. The zero-order valence-corrected chi connectivity index (χ0v) is 12.9. The minimum absolute atomic E-state index is 0.00705. The first-order chi connectivity index (χ1) is 11.5. The number of carbonyl (C=O) groups is 2. The van der Waals surface area contributed by atoms with Crippen LogP contribution in [0.15, 0.2) is 36.4 Å². The van der Waals surface area contributed by atoms with E-state index in [0.29, 0.717) is 0 Å². The third-order valence-corrected chi connectivity index (χ3v) is 6.43. The fraction of sp³-hybridized carbons (Fsp3) is 0.444. The molecule has 2 amide bonds. The molecule has 122 valence electrons. The predicted molar refractivity (Wildman–Crippen MR) is 83.4 cm³/mol. The number of hydrogen-bond acceptors (Lipinski definition) is 4. The molecule has 1 aromatic rings. The largest absolute Gasteiger partial charge is 0.278 e. The number of carbonyl (C=O) groups excluding carboxylic acids is 2. The minimum Gasteiger partial charge on any atom is -0.278 e. The molecule has 4 unspecified atom stereocenters. The summed E-state index contributed by atoms with van der Waals surface area (Å²) >= 11 is 0. The van der Waals surface area contributed by atoms with Gasteiger partial charge < -0.3 is 0 Å². The van der Waals surface area contributed by atoms with Gasteiger partial charge in [-0.15, -0.1) is 0 Å². The van der Waals surface area contributed by atoms with Crippen LogP contribution < -0.4 is 0 Å². The molecule has 24 heavy (non-hydrogen) atoms. The Labute approximate surface area is 138 Å². The van der Waals surface area contributed by atoms with Crippen molar-refractivity contribution < 1.29 is 14.5 Å². The maximum atomic E-state index is 12.8. The first-order valence-electron chi connectivity index (χ1n) is 8.30. The predicted octanol–water partition coefficient (Wildman–Crippen LogP) is 2.29. The third-order valence-electron chi connectivity index (χ3n) is 6.43. The van der Waals surface area contributed by atoms with E-state index in [1.54, 1.807) is 12.1 Å². The molecule has 3 aliphatic carbocycles. The number of rotatable bonds is 3. The Bertz CT molecular complexity index is 775. The number of likely N-dealkylation sites (tertiary alicyclic amines) is 1. The number of nitro benzene ring substituents is 1. The van der Waals surface area contributed by atoms with Crippen molar-refractivity contribution in [1.29, 1.82) is 0 Å². The number of allylic oxidation sites excluding steroid dienone is 2. The lowest BCUT2D eigenvalue weighted by atomic mass is 9.85. The standard InChI is InChI=1S/C18H16N2O4/c21-16-14-12-5-6-13(18(12)7-8-18)15(14)17(22)19(16)9-10-1-3-11(4-2-10)20(23)24/h1-6,12-15H,7-9H2. The average molecular weight is 324 g/mol. The summed E-state index contributed by atoms with van der Waals surface area (Å²) in [4.78, 5) is 37.3. The van der Waals surface area contributed by atoms with Crippen LogP contribution in [-0.4, -0.2) is 21.6 Å². The van der Waals surface area contributed by atoms with Gasteiger partial charge in [-0.1, -0.05) is 24.3 Å². The maximum absolute atomic E-state index is 12.8. The number of amides is 2. The van der Waals surface area contributed by atoms with Gasteiger partial charge in [0.25, 0.3) is 5.69 Å². The Morgan fingerprint density at radius 1 is 1.04 bits per heavy atom. The van der Waals surface area contributed by atoms with Crippen LogP contribution in [0.25, 0.3) is 0 Å². The SMILES string of the molecule is O=C1C2C(C(=O)N1Cc1ccc([N+](=O)[O-])cc1)C1C=CC2C12CC2. The number of nitro groups is 1. The average Bonchev–Trinajstić information content (AvgIpc) is 3.18. The Morgan fingerprint density at radius 2 is 1.58 bits per heavy atom. The maximum Gasteiger partial charge on any atom is 0.269 e. The van der Waals surface area contributed by atoms with E-state index in [1.165, 1.54) is 17.0 Å². The van der Waals surface area contributed by atoms with Gasteiger partial charge in [-0.25, -0.2) is 0 Å². The van der Waals surface area contributed by atoms with Crippen molar-refractivity contribution in [3.63, 3.8) is 0 Å². The molecular weight excluding hydrogens is 308 g/mol. The molecule has 0 radical (unpaired) electrons. The molecule has 0 aromatic heterocycles. The highest BCUT2D eigenvalue weighted by Crippen LogP contribution is 2.73. The summed E-state index contributed by atoms with van der Waals surface area (Å²) in [5, 5.41) is 10.7. The van der Waals surface area contributed by atoms with Gasteiger partial charge in [0, 0.05) is 12.1 Å². The van der Waals surface area contributed by atoms with E-state index in [4.69, 9.17) is 0 Å². The minimum atomic E-state index is -0.460. The number of non-ortho nitro benzene ring substituents is 1. The van der Waals surface area contributed by atoms with Crippen molar-refractivity contribution >= 4 is 17.5 Å². The van der Waals surface area contributed by atoms with Crippen LogP contribution in [0, 0.1) is 39.2 Å². The zero-order valence-electron chi connectivity index (χ0n) is 12.9. The second-order valence-electron chi connectivity index (χ2n) is 7.41. The second kappa shape index (κ2) is 4.32. The molecule has 3 fully saturated rings. The fourth-order valence-electron chi connectivity index (χ4n) is 5.20. The van der Waals surface area contributed by atoms with Gasteiger partial charge in [0.2, 0.25) is 11.8 Å². The van der Waals surface area contributed by atoms with E-state index in [-0.39, 0.29) is 53.1 Å². The van der Waals surface area contributed by atoms with E-state index in [9.17, 15) is 19.7 Å². The molecule has 1 saturated heterocycles. The van der Waals surface area contributed by atoms with Crippen molar-refractivity contribution in [3.05, 3.63) is 52.1 Å². The van der Waals surface area contributed by atoms with E-state index in [1.807, 2.05) is 0 Å². The molecule has 6 nitrogen and oxygen atoms in total. The second-order valence-corrected chi connectivity index (χ2v) is 7.41. The van der Waals surface area contributed by atoms with E-state index in [0.717, 1.165) is 18.4 Å². The van der Waals surface area contributed by atoms with Crippen LogP contribution in [-0.2, 0) is 16.1 Å². The molecule has 4 atom stereocenters. The number of nitrogens with zero attached hydrogens (tertiary/aromatic N) is 2. The van der Waals surface area contributed by atoms with Gasteiger partial charge in [0.1, 0.15) is 0 Å². The molecule has 6 heteroatoms. The Hall–Kier alpha value is -2.50. The number of imide groups is 1. The van der Waals surface area contributed by atoms with Crippen molar-refractivity contribution in [2.24, 2.45) is 29.1 Å². The highest BCUT2D eigenvalue weighted by Gasteiger charge is 2.73. The third kappa shape index (κ3) is 1.56. The van der Waals surface area contributed by atoms with Crippen molar-refractivity contribution in [2.75, 3.05) is 0 Å². The molecule has 2 bridgehead atoms. The molecular formula is C18H16N2O4. The van der Waals surface area contributed by atoms with Crippen molar-refractivity contribution in [1.82, 2.24) is 4.90 Å². The topological polar surface area (TPSA) is 80.5 Å². The lowest BCUT2D eigenvalue weighted by molar-refractivity contribution is -0.384. The normalized spacial score (nSPS) is 34.2. The van der Waals surface area contributed by atoms with Gasteiger partial charge >= 0.3 is 0 Å². The van der Waals surface area contributed by atoms with Crippen molar-refractivity contribution in [3.8, 4) is 0 Å². The first-order valence-corrected chi connectivity index (χ1v) is 8.30. The van der Waals surface area contributed by atoms with E-state index >= 15 is 0 Å². The quantitative estimate of drug-likeness (QED) is 0.370. The van der Waals surface area contributed by atoms with Crippen LogP contribution in [0.2, 0.25) is 0 Å². The van der Waals surface area contributed by atoms with Crippen LogP contribution >= 0.6 is 0 Å². The summed E-state index contributed by atoms with van der Waals surface area (Å²) < 4.78 is 0. The lowest BCUT2D eigenvalue weighted by Crippen LogP contribution is -2.34. The van der Waals surface area contributed by atoms with Crippen LogP contribution in [0.1, 0.15) is 18.4 Å². The van der Waals surface area contributed by atoms with Gasteiger partial charge in [-0.3, -0.25) is 24.6 Å². The summed E-state index contributed by atoms with van der Waals surface area (Å²) in [7, 11) is 0. The molecule has 1 heterocycles. The smallest absolute Gasteiger partial charge is 0.269 e. The number of hydrogen-bond donors (Lipinski definition) is 0. The van der Waals surface area contributed by atoms with E-state index in [2.05, 4.69) is 12.2 Å². The van der Waals surface area contributed by atoms with E-state index < -0.39 is 4.92 Å². The molecule has 1 aromatic carbocycles. The summed E-state index contributed by atoms with van der Waals surface area (Å²) in [5.74, 6) is -0.0457. The zero-order chi connectivity index (χ0) is 16.6. The molecule has 0 N–H and O–H groups in total. The first kappa shape index (κ1) is 13.9. The molecule has 2 saturated carbocycles. The Kier molecular flexibility index (Phi) is 2.50. The van der Waals surface area contributed by atoms with Gasteiger partial charge in [0.05, 0.1) is 23.3 Å². The molecule has 4 aliphatic rings. The van der Waals surface area contributed by atoms with Gasteiger partial charge in [-0.05, 0) is 35.7 Å². The van der Waals surface area contributed by atoms with Crippen molar-refractivity contribution in [2.45, 2.75) is 19.4 Å². The Morgan fingerprint density at radius 3 is 2.04 bits per heavy atom. The lowest BCUT2D eigenvalue weighted by Gasteiger charge is -2.21.